The van der Waals surface area contributed by atoms with Gasteiger partial charge < -0.3 is 0 Å². The Balaban J connectivity index is 2.53. The van der Waals surface area contributed by atoms with Gasteiger partial charge in [-0.05, 0) is 30.7 Å². The average molecular weight is 227 g/mol. The zero-order chi connectivity index (χ0) is 11.8. The standard InChI is InChI=1S/C10H8F3N3/c1-6-2-7(9-14-5-15-16-9)4-8(3-6)10(11,12)13/h2-5H,1H3,(H,14,15,16). The minimum Gasteiger partial charge on any atom is -0.265 e. The van der Waals surface area contributed by atoms with Crippen LogP contribution in [-0.4, -0.2) is 15.2 Å². The summed E-state index contributed by atoms with van der Waals surface area (Å²) in [5.41, 5.74) is 0.190. The van der Waals surface area contributed by atoms with E-state index in [0.717, 1.165) is 12.1 Å². The van der Waals surface area contributed by atoms with Gasteiger partial charge in [0.25, 0.3) is 0 Å². The number of nitrogens with zero attached hydrogens (tertiary/aromatic N) is 2. The van der Waals surface area contributed by atoms with Gasteiger partial charge in [0.05, 0.1) is 5.56 Å². The van der Waals surface area contributed by atoms with E-state index in [4.69, 9.17) is 0 Å². The summed E-state index contributed by atoms with van der Waals surface area (Å²) < 4.78 is 37.6. The maximum absolute atomic E-state index is 12.5. The fourth-order valence-corrected chi connectivity index (χ4v) is 1.42. The Labute approximate surface area is 89.3 Å². The Morgan fingerprint density at radius 3 is 2.50 bits per heavy atom. The molecule has 0 atom stereocenters. The molecule has 0 saturated heterocycles. The van der Waals surface area contributed by atoms with Crippen molar-refractivity contribution in [2.24, 2.45) is 0 Å². The van der Waals surface area contributed by atoms with Gasteiger partial charge >= 0.3 is 6.18 Å². The van der Waals surface area contributed by atoms with Gasteiger partial charge in [-0.15, -0.1) is 0 Å². The van der Waals surface area contributed by atoms with Gasteiger partial charge in [0.15, 0.2) is 5.82 Å². The summed E-state index contributed by atoms with van der Waals surface area (Å²) in [6.45, 7) is 1.60. The van der Waals surface area contributed by atoms with Crippen molar-refractivity contribution >= 4 is 0 Å². The summed E-state index contributed by atoms with van der Waals surface area (Å²) in [6, 6.07) is 3.74. The molecule has 0 amide bonds. The lowest BCUT2D eigenvalue weighted by atomic mass is 10.1. The number of hydrogen-bond donors (Lipinski definition) is 1. The number of aromatic amines is 1. The summed E-state index contributed by atoms with van der Waals surface area (Å²) in [5.74, 6) is 0.259. The lowest BCUT2D eigenvalue weighted by Crippen LogP contribution is -2.05. The average Bonchev–Trinajstić information content (AvgIpc) is 2.68. The molecule has 1 aromatic carbocycles. The van der Waals surface area contributed by atoms with Crippen LogP contribution in [0.25, 0.3) is 11.4 Å². The summed E-state index contributed by atoms with van der Waals surface area (Å²) in [7, 11) is 0. The van der Waals surface area contributed by atoms with Crippen molar-refractivity contribution in [3.05, 3.63) is 35.7 Å². The van der Waals surface area contributed by atoms with Gasteiger partial charge in [0.1, 0.15) is 6.33 Å². The maximum atomic E-state index is 12.5. The molecular formula is C10H8F3N3. The Hall–Kier alpha value is -1.85. The molecule has 0 bridgehead atoms. The lowest BCUT2D eigenvalue weighted by molar-refractivity contribution is -0.137. The molecular weight excluding hydrogens is 219 g/mol. The molecule has 0 aliphatic heterocycles. The van der Waals surface area contributed by atoms with Gasteiger partial charge in [0.2, 0.25) is 0 Å². The summed E-state index contributed by atoms with van der Waals surface area (Å²) in [5, 5.41) is 6.21. The van der Waals surface area contributed by atoms with Crippen LogP contribution in [0.5, 0.6) is 0 Å². The number of aromatic nitrogens is 3. The van der Waals surface area contributed by atoms with Crippen molar-refractivity contribution in [3.8, 4) is 11.4 Å². The molecule has 0 aliphatic carbocycles. The molecule has 0 unspecified atom stereocenters. The van der Waals surface area contributed by atoms with E-state index in [9.17, 15) is 13.2 Å². The van der Waals surface area contributed by atoms with Crippen molar-refractivity contribution in [3.63, 3.8) is 0 Å². The number of alkyl halides is 3. The highest BCUT2D eigenvalue weighted by atomic mass is 19.4. The van der Waals surface area contributed by atoms with Crippen LogP contribution in [-0.2, 0) is 6.18 Å². The van der Waals surface area contributed by atoms with Gasteiger partial charge in [-0.25, -0.2) is 4.98 Å². The number of halogens is 3. The Kier molecular flexibility index (Phi) is 2.41. The van der Waals surface area contributed by atoms with Gasteiger partial charge in [-0.2, -0.15) is 18.3 Å². The molecule has 16 heavy (non-hydrogen) atoms. The summed E-state index contributed by atoms with van der Waals surface area (Å²) in [6.07, 6.45) is -3.03. The summed E-state index contributed by atoms with van der Waals surface area (Å²) in [4.78, 5) is 3.82. The van der Waals surface area contributed by atoms with E-state index >= 15 is 0 Å². The second kappa shape index (κ2) is 3.62. The fourth-order valence-electron chi connectivity index (χ4n) is 1.42. The highest BCUT2D eigenvalue weighted by Crippen LogP contribution is 2.32. The zero-order valence-electron chi connectivity index (χ0n) is 8.34. The normalized spacial score (nSPS) is 11.8. The third kappa shape index (κ3) is 2.05. The molecule has 1 aromatic heterocycles. The van der Waals surface area contributed by atoms with E-state index < -0.39 is 11.7 Å². The Morgan fingerprint density at radius 1 is 1.19 bits per heavy atom. The highest BCUT2D eigenvalue weighted by Gasteiger charge is 2.31. The number of aryl methyl sites for hydroxylation is 1. The van der Waals surface area contributed by atoms with Crippen molar-refractivity contribution in [2.45, 2.75) is 13.1 Å². The van der Waals surface area contributed by atoms with Gasteiger partial charge in [-0.1, -0.05) is 0 Å². The number of H-pyrrole nitrogens is 1. The van der Waals surface area contributed by atoms with Crippen LogP contribution in [0, 0.1) is 6.92 Å². The predicted molar refractivity (Wildman–Crippen MR) is 51.6 cm³/mol. The molecule has 0 spiro atoms. The van der Waals surface area contributed by atoms with Crippen molar-refractivity contribution in [1.29, 1.82) is 0 Å². The zero-order valence-corrected chi connectivity index (χ0v) is 8.34. The smallest absolute Gasteiger partial charge is 0.265 e. The van der Waals surface area contributed by atoms with E-state index in [1.165, 1.54) is 6.33 Å². The molecule has 3 nitrogen and oxygen atoms in total. The first-order chi connectivity index (χ1) is 7.47. The number of nitrogens with one attached hydrogen (secondary N) is 1. The second-order valence-electron chi connectivity index (χ2n) is 3.41. The van der Waals surface area contributed by atoms with E-state index in [-0.39, 0.29) is 5.82 Å². The van der Waals surface area contributed by atoms with E-state index in [1.54, 1.807) is 13.0 Å². The topological polar surface area (TPSA) is 41.6 Å². The van der Waals surface area contributed by atoms with Gasteiger partial charge in [-0.3, -0.25) is 5.10 Å². The molecule has 1 heterocycles. The first-order valence-corrected chi connectivity index (χ1v) is 4.52. The van der Waals surface area contributed by atoms with Crippen LogP contribution in [0.3, 0.4) is 0 Å². The maximum Gasteiger partial charge on any atom is 0.416 e. The third-order valence-corrected chi connectivity index (χ3v) is 2.08. The SMILES string of the molecule is Cc1cc(-c2nc[nH]n2)cc(C(F)(F)F)c1. The molecule has 84 valence electrons. The number of rotatable bonds is 1. The van der Waals surface area contributed by atoms with Crippen LogP contribution in [0.2, 0.25) is 0 Å². The van der Waals surface area contributed by atoms with Crippen LogP contribution in [0.4, 0.5) is 13.2 Å². The van der Waals surface area contributed by atoms with Crippen LogP contribution in [0.15, 0.2) is 24.5 Å². The molecule has 0 fully saturated rings. The Bertz CT molecular complexity index is 489. The van der Waals surface area contributed by atoms with Crippen LogP contribution >= 0.6 is 0 Å². The first-order valence-electron chi connectivity index (χ1n) is 4.52. The minimum atomic E-state index is -4.35. The fraction of sp³-hybridized carbons (Fsp3) is 0.200. The quantitative estimate of drug-likeness (QED) is 0.813. The largest absolute Gasteiger partial charge is 0.416 e. The molecule has 0 radical (unpaired) electrons. The molecule has 2 aromatic rings. The van der Waals surface area contributed by atoms with Crippen LogP contribution < -0.4 is 0 Å². The number of benzene rings is 1. The Morgan fingerprint density at radius 2 is 1.94 bits per heavy atom. The lowest BCUT2D eigenvalue weighted by Gasteiger charge is -2.08. The van der Waals surface area contributed by atoms with E-state index in [1.807, 2.05) is 0 Å². The third-order valence-electron chi connectivity index (χ3n) is 2.08. The van der Waals surface area contributed by atoms with Crippen molar-refractivity contribution in [2.75, 3.05) is 0 Å². The summed E-state index contributed by atoms with van der Waals surface area (Å²) >= 11 is 0. The van der Waals surface area contributed by atoms with Crippen molar-refractivity contribution in [1.82, 2.24) is 15.2 Å². The molecule has 2 rings (SSSR count). The highest BCUT2D eigenvalue weighted by molar-refractivity contribution is 5.57. The molecule has 0 saturated carbocycles. The molecule has 1 N–H and O–H groups in total. The van der Waals surface area contributed by atoms with Crippen LogP contribution in [0.1, 0.15) is 11.1 Å². The number of hydrogen-bond acceptors (Lipinski definition) is 2. The monoisotopic (exact) mass is 227 g/mol. The van der Waals surface area contributed by atoms with E-state index in [2.05, 4.69) is 15.2 Å². The molecule has 0 aliphatic rings. The first kappa shape index (κ1) is 10.7. The van der Waals surface area contributed by atoms with E-state index in [0.29, 0.717) is 11.1 Å². The molecule has 6 heteroatoms. The minimum absolute atomic E-state index is 0.259. The van der Waals surface area contributed by atoms with Gasteiger partial charge in [0, 0.05) is 5.56 Å². The second-order valence-corrected chi connectivity index (χ2v) is 3.41. The predicted octanol–water partition coefficient (Wildman–Crippen LogP) is 2.80. The van der Waals surface area contributed by atoms with Crippen molar-refractivity contribution < 1.29 is 13.2 Å².